The van der Waals surface area contributed by atoms with E-state index in [0.717, 1.165) is 49.5 Å². The minimum absolute atomic E-state index is 0.186. The van der Waals surface area contributed by atoms with E-state index in [1.165, 1.54) is 51.4 Å². The van der Waals surface area contributed by atoms with Crippen molar-refractivity contribution in [1.82, 2.24) is 0 Å². The molecule has 140 valence electrons. The average Bonchev–Trinajstić information content (AvgIpc) is 2.58. The van der Waals surface area contributed by atoms with Crippen LogP contribution in [0.15, 0.2) is 0 Å². The van der Waals surface area contributed by atoms with Crippen LogP contribution in [0.4, 0.5) is 0 Å². The largest absolute Gasteiger partial charge is 0.368 e. The van der Waals surface area contributed by atoms with Gasteiger partial charge in [-0.2, -0.15) is 0 Å². The summed E-state index contributed by atoms with van der Waals surface area (Å²) in [7, 11) is 0. The van der Waals surface area contributed by atoms with Crippen LogP contribution in [0.3, 0.4) is 0 Å². The molecule has 6 unspecified atom stereocenters. The summed E-state index contributed by atoms with van der Waals surface area (Å²) >= 11 is 0. The van der Waals surface area contributed by atoms with E-state index in [9.17, 15) is 5.11 Å². The molecule has 0 spiro atoms. The molecule has 1 N–H and O–H groups in total. The maximum atomic E-state index is 9.72. The van der Waals surface area contributed by atoms with Gasteiger partial charge in [-0.1, -0.05) is 52.4 Å². The average molecular weight is 339 g/mol. The molecule has 1 heterocycles. The van der Waals surface area contributed by atoms with E-state index in [1.54, 1.807) is 0 Å². The molecule has 0 aromatic rings. The highest BCUT2D eigenvalue weighted by Crippen LogP contribution is 2.45. The fourth-order valence-corrected chi connectivity index (χ4v) is 5.64. The smallest absolute Gasteiger partial charge is 0.160 e. The van der Waals surface area contributed by atoms with E-state index in [4.69, 9.17) is 9.47 Å². The van der Waals surface area contributed by atoms with Gasteiger partial charge in [0.1, 0.15) is 0 Å². The normalized spacial score (nSPS) is 42.6. The van der Waals surface area contributed by atoms with Crippen molar-refractivity contribution in [1.29, 1.82) is 0 Å². The molecule has 3 aliphatic rings. The van der Waals surface area contributed by atoms with E-state index < -0.39 is 6.29 Å². The topological polar surface area (TPSA) is 38.7 Å². The summed E-state index contributed by atoms with van der Waals surface area (Å²) in [6, 6.07) is 0. The predicted molar refractivity (Wildman–Crippen MR) is 96.4 cm³/mol. The van der Waals surface area contributed by atoms with Crippen LogP contribution in [-0.4, -0.2) is 24.3 Å². The van der Waals surface area contributed by atoms with Crippen molar-refractivity contribution in [2.45, 2.75) is 97.1 Å². The van der Waals surface area contributed by atoms with Gasteiger partial charge in [0, 0.05) is 0 Å². The SMILES string of the molecule is CC1CCCCC1C(COC1CCCC(O)O1)C1CCCCC1C. The number of aliphatic hydroxyl groups excluding tert-OH is 1. The molecule has 0 aromatic heterocycles. The third-order valence-corrected chi connectivity index (χ3v) is 7.13. The zero-order chi connectivity index (χ0) is 16.9. The van der Waals surface area contributed by atoms with Crippen LogP contribution in [0, 0.1) is 29.6 Å². The predicted octanol–water partition coefficient (Wildman–Crippen LogP) is 5.12. The van der Waals surface area contributed by atoms with Crippen LogP contribution in [0.25, 0.3) is 0 Å². The Labute approximate surface area is 148 Å². The highest BCUT2D eigenvalue weighted by atomic mass is 16.7. The lowest BCUT2D eigenvalue weighted by molar-refractivity contribution is -0.257. The minimum atomic E-state index is -0.621. The molecule has 0 amide bonds. The second kappa shape index (κ2) is 9.00. The number of aliphatic hydroxyl groups is 1. The van der Waals surface area contributed by atoms with Crippen molar-refractivity contribution >= 4 is 0 Å². The molecule has 24 heavy (non-hydrogen) atoms. The summed E-state index contributed by atoms with van der Waals surface area (Å²) in [5.41, 5.74) is 0. The lowest BCUT2D eigenvalue weighted by atomic mass is 9.63. The van der Waals surface area contributed by atoms with Crippen molar-refractivity contribution in [3.05, 3.63) is 0 Å². The standard InChI is InChI=1S/C21H38O3/c1-15-8-3-5-10-17(15)19(18-11-6-4-9-16(18)2)14-23-21-13-7-12-20(22)24-21/h15-22H,3-14H2,1-2H3. The van der Waals surface area contributed by atoms with Crippen LogP contribution in [0.2, 0.25) is 0 Å². The van der Waals surface area contributed by atoms with Crippen molar-refractivity contribution < 1.29 is 14.6 Å². The molecule has 3 nitrogen and oxygen atoms in total. The van der Waals surface area contributed by atoms with Crippen LogP contribution in [0.5, 0.6) is 0 Å². The number of ether oxygens (including phenoxy) is 2. The minimum Gasteiger partial charge on any atom is -0.368 e. The summed E-state index contributed by atoms with van der Waals surface area (Å²) in [5.74, 6) is 3.98. The van der Waals surface area contributed by atoms with E-state index in [-0.39, 0.29) is 6.29 Å². The Morgan fingerprint density at radius 3 is 1.96 bits per heavy atom. The Hall–Kier alpha value is -0.120. The summed E-state index contributed by atoms with van der Waals surface area (Å²) in [6.45, 7) is 5.76. The first kappa shape index (κ1) is 18.7. The van der Waals surface area contributed by atoms with E-state index in [0.29, 0.717) is 5.92 Å². The van der Waals surface area contributed by atoms with Crippen molar-refractivity contribution in [2.24, 2.45) is 29.6 Å². The summed E-state index contributed by atoms with van der Waals surface area (Å²) in [6.07, 6.45) is 13.0. The molecule has 3 fully saturated rings. The lowest BCUT2D eigenvalue weighted by Gasteiger charge is -2.44. The molecule has 3 rings (SSSR count). The van der Waals surface area contributed by atoms with Crippen LogP contribution >= 0.6 is 0 Å². The maximum Gasteiger partial charge on any atom is 0.160 e. The fraction of sp³-hybridized carbons (Fsp3) is 1.00. The second-order valence-corrected chi connectivity index (χ2v) is 8.80. The molecule has 0 radical (unpaired) electrons. The molecule has 6 atom stereocenters. The highest BCUT2D eigenvalue weighted by molar-refractivity contribution is 4.87. The molecule has 1 saturated heterocycles. The Morgan fingerprint density at radius 2 is 1.42 bits per heavy atom. The van der Waals surface area contributed by atoms with Gasteiger partial charge >= 0.3 is 0 Å². The zero-order valence-electron chi connectivity index (χ0n) is 15.8. The third kappa shape index (κ3) is 4.74. The number of hydrogen-bond acceptors (Lipinski definition) is 3. The van der Waals surface area contributed by atoms with Gasteiger partial charge in [-0.25, -0.2) is 0 Å². The van der Waals surface area contributed by atoms with E-state index in [1.807, 2.05) is 0 Å². The molecule has 2 saturated carbocycles. The third-order valence-electron chi connectivity index (χ3n) is 7.13. The molecule has 3 heteroatoms. The zero-order valence-corrected chi connectivity index (χ0v) is 15.8. The second-order valence-electron chi connectivity index (χ2n) is 8.80. The highest BCUT2D eigenvalue weighted by Gasteiger charge is 2.38. The van der Waals surface area contributed by atoms with Crippen LogP contribution in [-0.2, 0) is 9.47 Å². The maximum absolute atomic E-state index is 9.72. The van der Waals surface area contributed by atoms with Crippen molar-refractivity contribution in [3.8, 4) is 0 Å². The monoisotopic (exact) mass is 338 g/mol. The molecule has 1 aliphatic heterocycles. The number of hydrogen-bond donors (Lipinski definition) is 1. The Morgan fingerprint density at radius 1 is 0.833 bits per heavy atom. The van der Waals surface area contributed by atoms with Gasteiger partial charge in [0.2, 0.25) is 0 Å². The lowest BCUT2D eigenvalue weighted by Crippen LogP contribution is -2.39. The first-order valence-corrected chi connectivity index (χ1v) is 10.6. The van der Waals surface area contributed by atoms with Crippen molar-refractivity contribution in [3.63, 3.8) is 0 Å². The van der Waals surface area contributed by atoms with E-state index in [2.05, 4.69) is 13.8 Å². The molecule has 0 bridgehead atoms. The van der Waals surface area contributed by atoms with Gasteiger partial charge in [-0.3, -0.25) is 0 Å². The van der Waals surface area contributed by atoms with Crippen molar-refractivity contribution in [2.75, 3.05) is 6.61 Å². The number of rotatable bonds is 5. The Kier molecular flexibility index (Phi) is 7.00. The van der Waals surface area contributed by atoms with Crippen LogP contribution < -0.4 is 0 Å². The quantitative estimate of drug-likeness (QED) is 0.756. The first-order chi connectivity index (χ1) is 11.6. The molecular formula is C21H38O3. The van der Waals surface area contributed by atoms with Gasteiger partial charge in [0.25, 0.3) is 0 Å². The summed E-state index contributed by atoms with van der Waals surface area (Å²) in [5, 5.41) is 9.72. The van der Waals surface area contributed by atoms with Gasteiger partial charge in [-0.05, 0) is 61.7 Å². The van der Waals surface area contributed by atoms with Gasteiger partial charge in [0.15, 0.2) is 12.6 Å². The molecule has 2 aliphatic carbocycles. The van der Waals surface area contributed by atoms with Gasteiger partial charge < -0.3 is 14.6 Å². The van der Waals surface area contributed by atoms with Gasteiger partial charge in [-0.15, -0.1) is 0 Å². The van der Waals surface area contributed by atoms with E-state index >= 15 is 0 Å². The summed E-state index contributed by atoms with van der Waals surface area (Å²) < 4.78 is 11.8. The van der Waals surface area contributed by atoms with Gasteiger partial charge in [0.05, 0.1) is 6.61 Å². The fourth-order valence-electron chi connectivity index (χ4n) is 5.64. The Bertz CT molecular complexity index is 350. The summed E-state index contributed by atoms with van der Waals surface area (Å²) in [4.78, 5) is 0. The Balaban J connectivity index is 1.64. The molecular weight excluding hydrogens is 300 g/mol. The molecule has 0 aromatic carbocycles. The van der Waals surface area contributed by atoms with Crippen LogP contribution in [0.1, 0.15) is 84.5 Å². The first-order valence-electron chi connectivity index (χ1n) is 10.6.